The predicted molar refractivity (Wildman–Crippen MR) is 134 cm³/mol. The van der Waals surface area contributed by atoms with E-state index in [1.807, 2.05) is 25.1 Å². The molecule has 7 nitrogen and oxygen atoms in total. The maximum atomic E-state index is 12.8. The third kappa shape index (κ3) is 5.10. The number of nitriles is 1. The number of fused-ring (bicyclic) bond motifs is 1. The van der Waals surface area contributed by atoms with Gasteiger partial charge in [-0.15, -0.1) is 0 Å². The Morgan fingerprint density at radius 3 is 2.69 bits per heavy atom. The topological polar surface area (TPSA) is 104 Å². The third-order valence-corrected chi connectivity index (χ3v) is 5.94. The van der Waals surface area contributed by atoms with Gasteiger partial charge in [0.05, 0.1) is 25.2 Å². The molecule has 4 rings (SSSR count). The Morgan fingerprint density at radius 1 is 1.11 bits per heavy atom. The van der Waals surface area contributed by atoms with E-state index in [0.29, 0.717) is 35.0 Å². The van der Waals surface area contributed by atoms with Gasteiger partial charge in [-0.2, -0.15) is 5.26 Å². The molecule has 1 aliphatic rings. The lowest BCUT2D eigenvalue weighted by molar-refractivity contribution is 0.0734. The lowest BCUT2D eigenvalue weighted by atomic mass is 9.83. The van der Waals surface area contributed by atoms with Crippen LogP contribution in [0.2, 0.25) is 0 Å². The van der Waals surface area contributed by atoms with Crippen molar-refractivity contribution in [2.45, 2.75) is 19.3 Å². The van der Waals surface area contributed by atoms with Crippen LogP contribution in [0, 0.1) is 11.3 Å². The molecule has 0 spiro atoms. The highest BCUT2D eigenvalue weighted by molar-refractivity contribution is 9.10. The highest BCUT2D eigenvalue weighted by Crippen LogP contribution is 2.46. The molecule has 178 valence electrons. The first-order valence-corrected chi connectivity index (χ1v) is 11.7. The zero-order valence-corrected chi connectivity index (χ0v) is 20.8. The Kier molecular flexibility index (Phi) is 7.28. The standard InChI is InChI=1S/C27H23BrN2O5/c1-3-11-33-18-6-4-5-16(12-18)27(31)34-19-8-9-20-24(14-19)35-26(30)22(15-29)25(20)21-13-17(28)7-10-23(21)32-2/h4-10,12-14,25H,3,11,30H2,1-2H3. The van der Waals surface area contributed by atoms with Gasteiger partial charge >= 0.3 is 5.97 Å². The Bertz CT molecular complexity index is 1350. The zero-order valence-electron chi connectivity index (χ0n) is 19.2. The van der Waals surface area contributed by atoms with Gasteiger partial charge in [0.15, 0.2) is 0 Å². The van der Waals surface area contributed by atoms with E-state index < -0.39 is 11.9 Å². The van der Waals surface area contributed by atoms with E-state index in [0.717, 1.165) is 16.5 Å². The van der Waals surface area contributed by atoms with Crippen molar-refractivity contribution in [1.82, 2.24) is 0 Å². The van der Waals surface area contributed by atoms with Crippen LogP contribution in [0.1, 0.15) is 40.7 Å². The van der Waals surface area contributed by atoms with E-state index >= 15 is 0 Å². The highest BCUT2D eigenvalue weighted by Gasteiger charge is 2.33. The maximum absolute atomic E-state index is 12.8. The summed E-state index contributed by atoms with van der Waals surface area (Å²) >= 11 is 3.49. The first kappa shape index (κ1) is 24.2. The number of rotatable bonds is 7. The number of carbonyl (C=O) groups excluding carboxylic acids is 1. The van der Waals surface area contributed by atoms with Gasteiger partial charge in [0.1, 0.15) is 34.6 Å². The molecular formula is C27H23BrN2O5. The van der Waals surface area contributed by atoms with Crippen LogP contribution in [0.15, 0.2) is 76.6 Å². The maximum Gasteiger partial charge on any atom is 0.343 e. The number of nitrogens with zero attached hydrogens (tertiary/aromatic N) is 1. The van der Waals surface area contributed by atoms with Crippen molar-refractivity contribution in [3.05, 3.63) is 93.3 Å². The van der Waals surface area contributed by atoms with E-state index in [1.54, 1.807) is 49.6 Å². The van der Waals surface area contributed by atoms with E-state index in [-0.39, 0.29) is 17.2 Å². The van der Waals surface area contributed by atoms with Crippen molar-refractivity contribution in [3.8, 4) is 29.1 Å². The summed E-state index contributed by atoms with van der Waals surface area (Å²) in [5.41, 5.74) is 8.19. The molecule has 1 atom stereocenters. The van der Waals surface area contributed by atoms with E-state index in [2.05, 4.69) is 22.0 Å². The molecule has 0 fully saturated rings. The Balaban J connectivity index is 1.67. The molecule has 3 aromatic carbocycles. The molecule has 0 aliphatic carbocycles. The first-order chi connectivity index (χ1) is 16.9. The smallest absolute Gasteiger partial charge is 0.343 e. The molecule has 2 N–H and O–H groups in total. The molecule has 0 radical (unpaired) electrons. The summed E-state index contributed by atoms with van der Waals surface area (Å²) in [6.45, 7) is 2.57. The SMILES string of the molecule is CCCOc1cccc(C(=O)Oc2ccc3c(c2)OC(N)=C(C#N)C3c2cc(Br)ccc2OC)c1. The Morgan fingerprint density at radius 2 is 1.94 bits per heavy atom. The quantitative estimate of drug-likeness (QED) is 0.307. The van der Waals surface area contributed by atoms with E-state index in [9.17, 15) is 10.1 Å². The molecule has 0 saturated carbocycles. The number of esters is 1. The average molecular weight is 535 g/mol. The van der Waals surface area contributed by atoms with Crippen LogP contribution in [0.25, 0.3) is 0 Å². The summed E-state index contributed by atoms with van der Waals surface area (Å²) in [6, 6.07) is 19.5. The molecule has 0 bridgehead atoms. The van der Waals surface area contributed by atoms with Crippen molar-refractivity contribution in [2.24, 2.45) is 5.73 Å². The molecule has 8 heteroatoms. The molecule has 0 saturated heterocycles. The van der Waals surface area contributed by atoms with Crippen molar-refractivity contribution >= 4 is 21.9 Å². The van der Waals surface area contributed by atoms with Crippen LogP contribution < -0.4 is 24.7 Å². The fourth-order valence-electron chi connectivity index (χ4n) is 3.85. The van der Waals surface area contributed by atoms with Gasteiger partial charge in [0.25, 0.3) is 0 Å². The molecule has 0 aromatic heterocycles. The summed E-state index contributed by atoms with van der Waals surface area (Å²) in [5.74, 6) is 0.800. The zero-order chi connectivity index (χ0) is 24.9. The fraction of sp³-hybridized carbons (Fsp3) is 0.185. The number of halogens is 1. The second kappa shape index (κ2) is 10.5. The van der Waals surface area contributed by atoms with E-state index in [4.69, 9.17) is 24.7 Å². The molecule has 0 amide bonds. The summed E-state index contributed by atoms with van der Waals surface area (Å²) in [4.78, 5) is 12.8. The molecule has 35 heavy (non-hydrogen) atoms. The van der Waals surface area contributed by atoms with Crippen molar-refractivity contribution < 1.29 is 23.7 Å². The Labute approximate surface area is 211 Å². The van der Waals surface area contributed by atoms with Crippen LogP contribution >= 0.6 is 15.9 Å². The van der Waals surface area contributed by atoms with Crippen LogP contribution in [-0.2, 0) is 0 Å². The molecular weight excluding hydrogens is 512 g/mol. The van der Waals surface area contributed by atoms with Crippen molar-refractivity contribution in [2.75, 3.05) is 13.7 Å². The van der Waals surface area contributed by atoms with E-state index in [1.165, 1.54) is 0 Å². The fourth-order valence-corrected chi connectivity index (χ4v) is 4.23. The van der Waals surface area contributed by atoms with Crippen molar-refractivity contribution in [3.63, 3.8) is 0 Å². The normalized spacial score (nSPS) is 14.4. The monoisotopic (exact) mass is 534 g/mol. The number of methoxy groups -OCH3 is 1. The second-order valence-electron chi connectivity index (χ2n) is 7.78. The summed E-state index contributed by atoms with van der Waals surface area (Å²) in [6.07, 6.45) is 0.863. The van der Waals surface area contributed by atoms with Gasteiger partial charge < -0.3 is 24.7 Å². The van der Waals surface area contributed by atoms with Gasteiger partial charge in [-0.05, 0) is 48.9 Å². The second-order valence-corrected chi connectivity index (χ2v) is 8.69. The number of hydrogen-bond donors (Lipinski definition) is 1. The summed E-state index contributed by atoms with van der Waals surface area (Å²) in [7, 11) is 1.57. The first-order valence-electron chi connectivity index (χ1n) is 10.9. The lowest BCUT2D eigenvalue weighted by Gasteiger charge is -2.27. The van der Waals surface area contributed by atoms with Gasteiger partial charge in [0, 0.05) is 21.7 Å². The average Bonchev–Trinajstić information content (AvgIpc) is 2.86. The lowest BCUT2D eigenvalue weighted by Crippen LogP contribution is -2.21. The highest BCUT2D eigenvalue weighted by atomic mass is 79.9. The minimum Gasteiger partial charge on any atom is -0.496 e. The minimum absolute atomic E-state index is 0.0173. The van der Waals surface area contributed by atoms with Crippen LogP contribution in [0.3, 0.4) is 0 Å². The van der Waals surface area contributed by atoms with Gasteiger partial charge in [-0.3, -0.25) is 0 Å². The molecule has 1 unspecified atom stereocenters. The van der Waals surface area contributed by atoms with Gasteiger partial charge in [-0.25, -0.2) is 4.79 Å². The number of allylic oxidation sites excluding steroid dienone is 1. The summed E-state index contributed by atoms with van der Waals surface area (Å²) < 4.78 is 23.3. The van der Waals surface area contributed by atoms with Gasteiger partial charge in [0.2, 0.25) is 5.88 Å². The molecule has 1 heterocycles. The minimum atomic E-state index is -0.533. The molecule has 1 aliphatic heterocycles. The third-order valence-electron chi connectivity index (χ3n) is 5.45. The van der Waals surface area contributed by atoms with Crippen LogP contribution in [-0.4, -0.2) is 19.7 Å². The Hall–Kier alpha value is -3.96. The predicted octanol–water partition coefficient (Wildman–Crippen LogP) is 5.68. The molecule has 3 aromatic rings. The van der Waals surface area contributed by atoms with Gasteiger partial charge in [-0.1, -0.05) is 35.0 Å². The number of benzene rings is 3. The number of nitrogens with two attached hydrogens (primary N) is 1. The van der Waals surface area contributed by atoms with Crippen molar-refractivity contribution in [1.29, 1.82) is 5.26 Å². The summed E-state index contributed by atoms with van der Waals surface area (Å²) in [5, 5.41) is 9.83. The van der Waals surface area contributed by atoms with Crippen LogP contribution in [0.4, 0.5) is 0 Å². The number of ether oxygens (including phenoxy) is 4. The largest absolute Gasteiger partial charge is 0.496 e. The number of carbonyl (C=O) groups is 1. The van der Waals surface area contributed by atoms with Crippen LogP contribution in [0.5, 0.6) is 23.0 Å². The number of hydrogen-bond acceptors (Lipinski definition) is 7.